The molecule has 6 heteroatoms. The lowest BCUT2D eigenvalue weighted by molar-refractivity contribution is 0.262. The number of hydrogen-bond donors (Lipinski definition) is 3. The molecule has 0 bridgehead atoms. The van der Waals surface area contributed by atoms with Crippen molar-refractivity contribution >= 4 is 28.7 Å². The minimum Gasteiger partial charge on any atom is -0.308 e. The number of amides is 2. The van der Waals surface area contributed by atoms with E-state index in [2.05, 4.69) is 20.8 Å². The van der Waals surface area contributed by atoms with Gasteiger partial charge in [-0.3, -0.25) is 5.10 Å². The van der Waals surface area contributed by atoms with Crippen molar-refractivity contribution in [3.63, 3.8) is 0 Å². The standard InChI is InChI=1S/C16H16N4OS/c1-2-12-14(15(20-19-12)13-9-6-10-22-13)18-16(21)17-11-7-4-3-5-8-11/h3-10H,2H2,1H3,(H,19,20)(H2,17,18,21). The van der Waals surface area contributed by atoms with Gasteiger partial charge in [0, 0.05) is 5.69 Å². The fourth-order valence-electron chi connectivity index (χ4n) is 2.16. The summed E-state index contributed by atoms with van der Waals surface area (Å²) in [6, 6.07) is 13.0. The summed E-state index contributed by atoms with van der Waals surface area (Å²) in [6.07, 6.45) is 0.763. The van der Waals surface area contributed by atoms with E-state index in [0.717, 1.165) is 34.1 Å². The summed E-state index contributed by atoms with van der Waals surface area (Å²) < 4.78 is 0. The van der Waals surface area contributed by atoms with Gasteiger partial charge in [-0.2, -0.15) is 5.10 Å². The van der Waals surface area contributed by atoms with Crippen LogP contribution in [0, 0.1) is 0 Å². The van der Waals surface area contributed by atoms with Crippen LogP contribution in [-0.2, 0) is 6.42 Å². The molecule has 3 N–H and O–H groups in total. The number of H-pyrrole nitrogens is 1. The zero-order chi connectivity index (χ0) is 15.4. The summed E-state index contributed by atoms with van der Waals surface area (Å²) in [4.78, 5) is 13.2. The summed E-state index contributed by atoms with van der Waals surface area (Å²) in [7, 11) is 0. The highest BCUT2D eigenvalue weighted by molar-refractivity contribution is 7.13. The molecular formula is C16H16N4OS. The first-order chi connectivity index (χ1) is 10.8. The minimum atomic E-state index is -0.278. The predicted octanol–water partition coefficient (Wildman–Crippen LogP) is 4.34. The number of hydrogen-bond acceptors (Lipinski definition) is 3. The van der Waals surface area contributed by atoms with Gasteiger partial charge in [0.2, 0.25) is 0 Å². The predicted molar refractivity (Wildman–Crippen MR) is 90.4 cm³/mol. The molecule has 0 radical (unpaired) electrons. The van der Waals surface area contributed by atoms with Crippen molar-refractivity contribution in [2.75, 3.05) is 10.6 Å². The topological polar surface area (TPSA) is 69.8 Å². The summed E-state index contributed by atoms with van der Waals surface area (Å²) in [5.74, 6) is 0. The molecule has 0 saturated carbocycles. The average molecular weight is 312 g/mol. The number of nitrogens with zero attached hydrogens (tertiary/aromatic N) is 1. The van der Waals surface area contributed by atoms with Crippen molar-refractivity contribution in [1.82, 2.24) is 10.2 Å². The second-order valence-electron chi connectivity index (χ2n) is 4.70. The van der Waals surface area contributed by atoms with Gasteiger partial charge in [0.25, 0.3) is 0 Å². The number of carbonyl (C=O) groups is 1. The Morgan fingerprint density at radius 2 is 2.00 bits per heavy atom. The Labute approximate surface area is 132 Å². The number of anilines is 2. The SMILES string of the molecule is CCc1[nH]nc(-c2cccs2)c1NC(=O)Nc1ccccc1. The number of benzene rings is 1. The third-order valence-corrected chi connectivity index (χ3v) is 4.10. The van der Waals surface area contributed by atoms with E-state index in [0.29, 0.717) is 0 Å². The van der Waals surface area contributed by atoms with Gasteiger partial charge in [0.1, 0.15) is 5.69 Å². The van der Waals surface area contributed by atoms with Crippen molar-refractivity contribution < 1.29 is 4.79 Å². The third kappa shape index (κ3) is 3.01. The third-order valence-electron chi connectivity index (χ3n) is 3.22. The molecule has 2 amide bonds. The molecule has 2 aromatic heterocycles. The Morgan fingerprint density at radius 3 is 2.68 bits per heavy atom. The number of nitrogens with one attached hydrogen (secondary N) is 3. The molecule has 3 aromatic rings. The molecule has 3 rings (SSSR count). The second kappa shape index (κ2) is 6.44. The van der Waals surface area contributed by atoms with E-state index in [-0.39, 0.29) is 6.03 Å². The fraction of sp³-hybridized carbons (Fsp3) is 0.125. The highest BCUT2D eigenvalue weighted by atomic mass is 32.1. The first-order valence-corrected chi connectivity index (χ1v) is 7.90. The van der Waals surface area contributed by atoms with Crippen LogP contribution in [-0.4, -0.2) is 16.2 Å². The van der Waals surface area contributed by atoms with Crippen LogP contribution >= 0.6 is 11.3 Å². The molecule has 0 spiro atoms. The molecule has 0 fully saturated rings. The van der Waals surface area contributed by atoms with Crippen LogP contribution in [0.3, 0.4) is 0 Å². The van der Waals surface area contributed by atoms with Crippen molar-refractivity contribution in [3.8, 4) is 10.6 Å². The normalized spacial score (nSPS) is 10.4. The molecule has 0 atom stereocenters. The number of aromatic nitrogens is 2. The van der Waals surface area contributed by atoms with E-state index in [1.165, 1.54) is 0 Å². The van der Waals surface area contributed by atoms with E-state index in [9.17, 15) is 4.79 Å². The summed E-state index contributed by atoms with van der Waals surface area (Å²) >= 11 is 1.59. The molecule has 0 aliphatic heterocycles. The van der Waals surface area contributed by atoms with E-state index in [1.54, 1.807) is 11.3 Å². The largest absolute Gasteiger partial charge is 0.323 e. The van der Waals surface area contributed by atoms with Crippen LogP contribution in [0.25, 0.3) is 10.6 Å². The Kier molecular flexibility index (Phi) is 4.20. The van der Waals surface area contributed by atoms with E-state index >= 15 is 0 Å². The minimum absolute atomic E-state index is 0.278. The summed E-state index contributed by atoms with van der Waals surface area (Å²) in [5.41, 5.74) is 3.17. The highest BCUT2D eigenvalue weighted by Crippen LogP contribution is 2.32. The first-order valence-electron chi connectivity index (χ1n) is 7.02. The van der Waals surface area contributed by atoms with E-state index in [1.807, 2.05) is 54.8 Å². The fourth-order valence-corrected chi connectivity index (χ4v) is 2.88. The first kappa shape index (κ1) is 14.3. The lowest BCUT2D eigenvalue weighted by Gasteiger charge is -2.08. The van der Waals surface area contributed by atoms with Gasteiger partial charge in [-0.15, -0.1) is 11.3 Å². The Balaban J connectivity index is 1.82. The Hall–Kier alpha value is -2.60. The zero-order valence-electron chi connectivity index (χ0n) is 12.1. The molecular weight excluding hydrogens is 296 g/mol. The maximum Gasteiger partial charge on any atom is 0.323 e. The highest BCUT2D eigenvalue weighted by Gasteiger charge is 2.17. The monoisotopic (exact) mass is 312 g/mol. The van der Waals surface area contributed by atoms with Crippen LogP contribution in [0.2, 0.25) is 0 Å². The van der Waals surface area contributed by atoms with Gasteiger partial charge in [0.05, 0.1) is 16.3 Å². The number of carbonyl (C=O) groups excluding carboxylic acids is 1. The molecule has 22 heavy (non-hydrogen) atoms. The molecule has 1 aromatic carbocycles. The smallest absolute Gasteiger partial charge is 0.308 e. The lowest BCUT2D eigenvalue weighted by atomic mass is 10.2. The van der Waals surface area contributed by atoms with Gasteiger partial charge in [-0.05, 0) is 30.0 Å². The Morgan fingerprint density at radius 1 is 1.18 bits per heavy atom. The molecule has 0 saturated heterocycles. The van der Waals surface area contributed by atoms with Crippen LogP contribution in [0.4, 0.5) is 16.2 Å². The summed E-state index contributed by atoms with van der Waals surface area (Å²) in [6.45, 7) is 2.02. The maximum atomic E-state index is 12.2. The average Bonchev–Trinajstić information content (AvgIpc) is 3.17. The molecule has 2 heterocycles. The Bertz CT molecular complexity index is 750. The number of para-hydroxylation sites is 1. The van der Waals surface area contributed by atoms with Crippen molar-refractivity contribution in [2.24, 2.45) is 0 Å². The van der Waals surface area contributed by atoms with Gasteiger partial charge in [-0.1, -0.05) is 31.2 Å². The van der Waals surface area contributed by atoms with Crippen LogP contribution in [0.1, 0.15) is 12.6 Å². The van der Waals surface area contributed by atoms with Gasteiger partial charge in [0.15, 0.2) is 0 Å². The quantitative estimate of drug-likeness (QED) is 0.670. The molecule has 112 valence electrons. The number of urea groups is 1. The number of aryl methyl sites for hydroxylation is 1. The van der Waals surface area contributed by atoms with E-state index in [4.69, 9.17) is 0 Å². The lowest BCUT2D eigenvalue weighted by Crippen LogP contribution is -2.20. The molecule has 0 unspecified atom stereocenters. The van der Waals surface area contributed by atoms with E-state index < -0.39 is 0 Å². The van der Waals surface area contributed by atoms with Crippen molar-refractivity contribution in [1.29, 1.82) is 0 Å². The second-order valence-corrected chi connectivity index (χ2v) is 5.65. The van der Waals surface area contributed by atoms with Crippen molar-refractivity contribution in [3.05, 3.63) is 53.5 Å². The molecule has 5 nitrogen and oxygen atoms in total. The zero-order valence-corrected chi connectivity index (χ0v) is 12.9. The van der Waals surface area contributed by atoms with Crippen LogP contribution in [0.15, 0.2) is 47.8 Å². The maximum absolute atomic E-state index is 12.2. The number of thiophene rings is 1. The molecule has 0 aliphatic carbocycles. The van der Waals surface area contributed by atoms with Crippen LogP contribution in [0.5, 0.6) is 0 Å². The molecule has 0 aliphatic rings. The van der Waals surface area contributed by atoms with Gasteiger partial charge >= 0.3 is 6.03 Å². The number of aromatic amines is 1. The van der Waals surface area contributed by atoms with Gasteiger partial charge < -0.3 is 10.6 Å². The van der Waals surface area contributed by atoms with Gasteiger partial charge in [-0.25, -0.2) is 4.79 Å². The number of rotatable bonds is 4. The van der Waals surface area contributed by atoms with Crippen LogP contribution < -0.4 is 10.6 Å². The summed E-state index contributed by atoms with van der Waals surface area (Å²) in [5, 5.41) is 15.0. The van der Waals surface area contributed by atoms with Crippen molar-refractivity contribution in [2.45, 2.75) is 13.3 Å².